The van der Waals surface area contributed by atoms with E-state index in [4.69, 9.17) is 0 Å². The molecular weight excluding hydrogens is 268 g/mol. The summed E-state index contributed by atoms with van der Waals surface area (Å²) in [5.41, 5.74) is 0.858. The lowest BCUT2D eigenvalue weighted by molar-refractivity contribution is 0.0782. The van der Waals surface area contributed by atoms with E-state index in [1.54, 1.807) is 0 Å². The third kappa shape index (κ3) is 1.79. The highest BCUT2D eigenvalue weighted by atomic mass is 79.9. The van der Waals surface area contributed by atoms with Crippen molar-refractivity contribution in [2.24, 2.45) is 0 Å². The van der Waals surface area contributed by atoms with E-state index in [0.717, 1.165) is 36.1 Å². The van der Waals surface area contributed by atoms with Crippen LogP contribution in [-0.2, 0) is 0 Å². The lowest BCUT2D eigenvalue weighted by atomic mass is 10.3. The molecule has 1 aromatic rings. The molecule has 0 radical (unpaired) electrons. The van der Waals surface area contributed by atoms with Crippen LogP contribution in [0.3, 0.4) is 0 Å². The number of aromatic nitrogens is 1. The highest BCUT2D eigenvalue weighted by Crippen LogP contribution is 2.37. The van der Waals surface area contributed by atoms with Gasteiger partial charge in [-0.25, -0.2) is 0 Å². The highest BCUT2D eigenvalue weighted by molar-refractivity contribution is 9.10. The van der Waals surface area contributed by atoms with E-state index in [1.165, 1.54) is 12.8 Å². The summed E-state index contributed by atoms with van der Waals surface area (Å²) in [6, 6.07) is 2.52. The van der Waals surface area contributed by atoms with Crippen LogP contribution < -0.4 is 0 Å². The molecule has 1 aliphatic heterocycles. The Morgan fingerprint density at radius 1 is 1.31 bits per heavy atom. The minimum absolute atomic E-state index is 0.204. The third-order valence-corrected chi connectivity index (χ3v) is 3.80. The summed E-state index contributed by atoms with van der Waals surface area (Å²) in [5.74, 6) is 0.204. The Hall–Kier alpha value is -0.770. The normalized spacial score (nSPS) is 20.4. The minimum Gasteiger partial charge on any atom is -0.339 e. The van der Waals surface area contributed by atoms with E-state index < -0.39 is 0 Å². The van der Waals surface area contributed by atoms with Crippen LogP contribution in [0.2, 0.25) is 0 Å². The van der Waals surface area contributed by atoms with Gasteiger partial charge < -0.3 is 9.47 Å². The Morgan fingerprint density at radius 2 is 2.00 bits per heavy atom. The van der Waals surface area contributed by atoms with E-state index >= 15 is 0 Å². The molecule has 3 rings (SSSR count). The summed E-state index contributed by atoms with van der Waals surface area (Å²) in [4.78, 5) is 14.3. The molecule has 3 nitrogen and oxygen atoms in total. The molecular formula is C12H15BrN2O. The van der Waals surface area contributed by atoms with Crippen molar-refractivity contribution in [3.05, 3.63) is 22.4 Å². The van der Waals surface area contributed by atoms with Crippen LogP contribution in [0.5, 0.6) is 0 Å². The summed E-state index contributed by atoms with van der Waals surface area (Å²) in [5, 5.41) is 0. The number of amides is 1. The van der Waals surface area contributed by atoms with Crippen molar-refractivity contribution in [2.75, 3.05) is 13.1 Å². The van der Waals surface area contributed by atoms with Gasteiger partial charge in [0, 0.05) is 29.8 Å². The van der Waals surface area contributed by atoms with Gasteiger partial charge >= 0.3 is 0 Å². The van der Waals surface area contributed by atoms with Crippen molar-refractivity contribution in [1.29, 1.82) is 0 Å². The van der Waals surface area contributed by atoms with Crippen molar-refractivity contribution >= 4 is 21.8 Å². The van der Waals surface area contributed by atoms with Gasteiger partial charge in [-0.2, -0.15) is 0 Å². The number of hydrogen-bond donors (Lipinski definition) is 0. The number of halogens is 1. The fourth-order valence-corrected chi connectivity index (χ4v) is 2.79. The van der Waals surface area contributed by atoms with Gasteiger partial charge in [-0.3, -0.25) is 4.79 Å². The molecule has 2 fully saturated rings. The van der Waals surface area contributed by atoms with Gasteiger partial charge in [-0.05, 0) is 47.7 Å². The molecule has 0 unspecified atom stereocenters. The minimum atomic E-state index is 0.204. The maximum absolute atomic E-state index is 12.3. The van der Waals surface area contributed by atoms with Crippen molar-refractivity contribution in [3.8, 4) is 0 Å². The van der Waals surface area contributed by atoms with Gasteiger partial charge in [0.25, 0.3) is 5.91 Å². The monoisotopic (exact) mass is 282 g/mol. The molecule has 0 N–H and O–H groups in total. The first-order valence-electron chi connectivity index (χ1n) is 5.92. The zero-order valence-electron chi connectivity index (χ0n) is 9.16. The van der Waals surface area contributed by atoms with Crippen molar-refractivity contribution in [2.45, 2.75) is 31.7 Å². The fraction of sp³-hybridized carbons (Fsp3) is 0.583. The topological polar surface area (TPSA) is 25.2 Å². The zero-order valence-corrected chi connectivity index (χ0v) is 10.7. The van der Waals surface area contributed by atoms with Crippen LogP contribution >= 0.6 is 15.9 Å². The summed E-state index contributed by atoms with van der Waals surface area (Å²) < 4.78 is 3.16. The molecule has 16 heavy (non-hydrogen) atoms. The Balaban J connectivity index is 1.89. The molecule has 1 saturated heterocycles. The van der Waals surface area contributed by atoms with Gasteiger partial charge in [0.1, 0.15) is 5.69 Å². The van der Waals surface area contributed by atoms with Crippen LogP contribution in [0.4, 0.5) is 0 Å². The van der Waals surface area contributed by atoms with Gasteiger partial charge in [-0.1, -0.05) is 0 Å². The van der Waals surface area contributed by atoms with Crippen molar-refractivity contribution in [3.63, 3.8) is 0 Å². The maximum Gasteiger partial charge on any atom is 0.270 e. The van der Waals surface area contributed by atoms with Crippen LogP contribution in [-0.4, -0.2) is 28.5 Å². The van der Waals surface area contributed by atoms with Crippen LogP contribution in [0.1, 0.15) is 42.2 Å². The Morgan fingerprint density at radius 3 is 2.62 bits per heavy atom. The molecule has 1 amide bonds. The first-order valence-corrected chi connectivity index (χ1v) is 6.71. The number of nitrogens with zero attached hydrogens (tertiary/aromatic N) is 2. The molecule has 2 heterocycles. The zero-order chi connectivity index (χ0) is 11.1. The predicted octanol–water partition coefficient (Wildman–Crippen LogP) is 2.82. The molecule has 1 aromatic heterocycles. The largest absolute Gasteiger partial charge is 0.339 e. The second kappa shape index (κ2) is 3.91. The quantitative estimate of drug-likeness (QED) is 0.819. The van der Waals surface area contributed by atoms with E-state index in [2.05, 4.69) is 20.5 Å². The van der Waals surface area contributed by atoms with Crippen LogP contribution in [0.25, 0.3) is 0 Å². The molecule has 0 spiro atoms. The van der Waals surface area contributed by atoms with Crippen molar-refractivity contribution in [1.82, 2.24) is 9.47 Å². The molecule has 1 aliphatic carbocycles. The fourth-order valence-electron chi connectivity index (χ4n) is 2.35. The van der Waals surface area contributed by atoms with E-state index in [9.17, 15) is 4.79 Å². The van der Waals surface area contributed by atoms with E-state index in [1.807, 2.05) is 17.2 Å². The molecule has 0 aromatic carbocycles. The van der Waals surface area contributed by atoms with Gasteiger partial charge in [0.15, 0.2) is 0 Å². The summed E-state index contributed by atoms with van der Waals surface area (Å²) in [7, 11) is 0. The summed E-state index contributed by atoms with van der Waals surface area (Å²) in [6.45, 7) is 1.85. The molecule has 0 bridgehead atoms. The number of carbonyl (C=O) groups is 1. The number of carbonyl (C=O) groups excluding carboxylic acids is 1. The predicted molar refractivity (Wildman–Crippen MR) is 65.5 cm³/mol. The number of likely N-dealkylation sites (tertiary alicyclic amines) is 1. The van der Waals surface area contributed by atoms with Crippen LogP contribution in [0, 0.1) is 0 Å². The lowest BCUT2D eigenvalue weighted by Crippen LogP contribution is -2.29. The average molecular weight is 283 g/mol. The van der Waals surface area contributed by atoms with E-state index in [-0.39, 0.29) is 5.91 Å². The van der Waals surface area contributed by atoms with Gasteiger partial charge in [0.05, 0.1) is 0 Å². The second-order valence-corrected chi connectivity index (χ2v) is 5.60. The SMILES string of the molecule is O=C(c1cc(Br)cn1C1CC1)N1CCCC1. The lowest BCUT2D eigenvalue weighted by Gasteiger charge is -2.16. The molecule has 86 valence electrons. The number of rotatable bonds is 2. The third-order valence-electron chi connectivity index (χ3n) is 3.37. The Kier molecular flexibility index (Phi) is 2.54. The number of hydrogen-bond acceptors (Lipinski definition) is 1. The van der Waals surface area contributed by atoms with Crippen LogP contribution in [0.15, 0.2) is 16.7 Å². The molecule has 2 aliphatic rings. The Labute approximate surface area is 104 Å². The summed E-state index contributed by atoms with van der Waals surface area (Å²) >= 11 is 3.46. The first-order chi connectivity index (χ1) is 7.75. The van der Waals surface area contributed by atoms with Crippen molar-refractivity contribution < 1.29 is 4.79 Å². The smallest absolute Gasteiger partial charge is 0.270 e. The van der Waals surface area contributed by atoms with E-state index in [0.29, 0.717) is 6.04 Å². The maximum atomic E-state index is 12.3. The Bertz CT molecular complexity index is 417. The standard InChI is InChI=1S/C12H15BrN2O/c13-9-7-11(15(8-9)10-3-4-10)12(16)14-5-1-2-6-14/h7-8,10H,1-6H2. The average Bonchev–Trinajstić information content (AvgIpc) is 2.83. The van der Waals surface area contributed by atoms with Gasteiger partial charge in [0.2, 0.25) is 0 Å². The first kappa shape index (κ1) is 10.4. The summed E-state index contributed by atoms with van der Waals surface area (Å²) in [6.07, 6.45) is 6.76. The highest BCUT2D eigenvalue weighted by Gasteiger charge is 2.30. The van der Waals surface area contributed by atoms with Gasteiger partial charge in [-0.15, -0.1) is 0 Å². The molecule has 4 heteroatoms. The second-order valence-electron chi connectivity index (χ2n) is 4.68. The molecule has 1 saturated carbocycles. The molecule has 0 atom stereocenters.